The van der Waals surface area contributed by atoms with E-state index in [2.05, 4.69) is 6.07 Å². The Bertz CT molecular complexity index is 1460. The lowest BCUT2D eigenvalue weighted by Gasteiger charge is -2.36. The molecule has 0 aromatic heterocycles. The van der Waals surface area contributed by atoms with Crippen LogP contribution < -0.4 is 20.1 Å². The van der Waals surface area contributed by atoms with Crippen molar-refractivity contribution in [2.45, 2.75) is 24.9 Å². The summed E-state index contributed by atoms with van der Waals surface area (Å²) in [4.78, 5) is 29.5. The van der Waals surface area contributed by atoms with Crippen LogP contribution >= 0.6 is 0 Å². The fourth-order valence-corrected chi connectivity index (χ4v) is 5.74. The molecule has 2 aliphatic heterocycles. The maximum Gasteiger partial charge on any atom is 0.241 e. The number of para-hydroxylation sites is 1. The Hall–Kier alpha value is -4.57. The minimum absolute atomic E-state index is 0.201. The Morgan fingerprint density at radius 3 is 2.35 bits per heavy atom. The molecule has 7 nitrogen and oxygen atoms in total. The standard InChI is InChI=1S/C30H27N3O4/c1-18-8-10-20(11-9-18)28(34)27-26(21-12-14-23(36-2)24(16-21)37-3)30(17-31,29(32)35)25-15-13-19-6-4-5-7-22(19)33(25)27/h4-16,25-27H,1-3H3,(H2,32,35)/t25-,26-,27+,30+/m1/s1. The molecule has 0 spiro atoms. The van der Waals surface area contributed by atoms with E-state index in [4.69, 9.17) is 15.2 Å². The normalized spacial score (nSPS) is 23.5. The summed E-state index contributed by atoms with van der Waals surface area (Å²) in [5, 5.41) is 10.7. The lowest BCUT2D eigenvalue weighted by molar-refractivity contribution is -0.125. The first-order valence-corrected chi connectivity index (χ1v) is 12.0. The average molecular weight is 494 g/mol. The maximum absolute atomic E-state index is 14.3. The van der Waals surface area contributed by atoms with Gasteiger partial charge >= 0.3 is 0 Å². The monoisotopic (exact) mass is 493 g/mol. The number of aryl methyl sites for hydroxylation is 1. The zero-order chi connectivity index (χ0) is 26.3. The van der Waals surface area contributed by atoms with E-state index >= 15 is 0 Å². The number of methoxy groups -OCH3 is 2. The van der Waals surface area contributed by atoms with Crippen LogP contribution in [0.25, 0.3) is 6.08 Å². The third-order valence-corrected chi connectivity index (χ3v) is 7.51. The lowest BCUT2D eigenvalue weighted by atomic mass is 9.67. The van der Waals surface area contributed by atoms with Crippen molar-refractivity contribution in [2.75, 3.05) is 19.1 Å². The van der Waals surface area contributed by atoms with Gasteiger partial charge in [0.2, 0.25) is 5.91 Å². The molecule has 0 unspecified atom stereocenters. The Morgan fingerprint density at radius 1 is 1.00 bits per heavy atom. The van der Waals surface area contributed by atoms with Gasteiger partial charge in [-0.15, -0.1) is 0 Å². The van der Waals surface area contributed by atoms with Gasteiger partial charge in [0.05, 0.1) is 26.3 Å². The first-order chi connectivity index (χ1) is 17.9. The van der Waals surface area contributed by atoms with E-state index in [0.29, 0.717) is 22.6 Å². The predicted octanol–water partition coefficient (Wildman–Crippen LogP) is 4.26. The highest BCUT2D eigenvalue weighted by Crippen LogP contribution is 2.56. The molecule has 1 fully saturated rings. The molecular weight excluding hydrogens is 466 g/mol. The van der Waals surface area contributed by atoms with Gasteiger partial charge in [0, 0.05) is 17.2 Å². The number of carbonyl (C=O) groups is 2. The third kappa shape index (κ3) is 3.56. The number of ketones is 1. The van der Waals surface area contributed by atoms with Crippen LogP contribution in [0.2, 0.25) is 0 Å². The van der Waals surface area contributed by atoms with Crippen molar-refractivity contribution >= 4 is 23.5 Å². The number of nitrogens with zero attached hydrogens (tertiary/aromatic N) is 2. The summed E-state index contributed by atoms with van der Waals surface area (Å²) < 4.78 is 10.9. The summed E-state index contributed by atoms with van der Waals surface area (Å²) in [7, 11) is 3.04. The van der Waals surface area contributed by atoms with Gasteiger partial charge in [0.25, 0.3) is 0 Å². The number of nitrogens with two attached hydrogens (primary N) is 1. The number of anilines is 1. The topological polar surface area (TPSA) is 106 Å². The number of fused-ring (bicyclic) bond motifs is 3. The molecule has 37 heavy (non-hydrogen) atoms. The van der Waals surface area contributed by atoms with Crippen molar-refractivity contribution in [2.24, 2.45) is 11.1 Å². The predicted molar refractivity (Wildman–Crippen MR) is 141 cm³/mol. The summed E-state index contributed by atoms with van der Waals surface area (Å²) in [6.07, 6.45) is 3.70. The quantitative estimate of drug-likeness (QED) is 0.515. The first kappa shape index (κ1) is 24.1. The second-order valence-corrected chi connectivity index (χ2v) is 9.38. The molecular formula is C30H27N3O4. The van der Waals surface area contributed by atoms with Crippen molar-refractivity contribution in [1.29, 1.82) is 5.26 Å². The molecule has 3 aromatic carbocycles. The largest absolute Gasteiger partial charge is 0.493 e. The molecule has 0 bridgehead atoms. The number of nitriles is 1. The third-order valence-electron chi connectivity index (χ3n) is 7.51. The molecule has 2 N–H and O–H groups in total. The van der Waals surface area contributed by atoms with E-state index in [0.717, 1.165) is 16.8 Å². The van der Waals surface area contributed by atoms with Crippen molar-refractivity contribution in [3.05, 3.63) is 95.1 Å². The van der Waals surface area contributed by atoms with Crippen molar-refractivity contribution in [3.8, 4) is 17.6 Å². The van der Waals surface area contributed by atoms with E-state index in [1.165, 1.54) is 14.2 Å². The molecule has 0 aliphatic carbocycles. The van der Waals surface area contributed by atoms with Gasteiger partial charge in [-0.2, -0.15) is 5.26 Å². The molecule has 1 saturated heterocycles. The number of primary amides is 1. The number of hydrogen-bond acceptors (Lipinski definition) is 6. The Morgan fingerprint density at radius 2 is 1.70 bits per heavy atom. The molecule has 7 heteroatoms. The van der Waals surface area contributed by atoms with Gasteiger partial charge < -0.3 is 20.1 Å². The van der Waals surface area contributed by atoms with E-state index < -0.39 is 29.3 Å². The van der Waals surface area contributed by atoms with Crippen LogP contribution in [0.5, 0.6) is 11.5 Å². The number of carbonyl (C=O) groups excluding carboxylic acids is 2. The zero-order valence-corrected chi connectivity index (χ0v) is 20.8. The minimum Gasteiger partial charge on any atom is -0.493 e. The summed E-state index contributed by atoms with van der Waals surface area (Å²) >= 11 is 0. The SMILES string of the molecule is COc1ccc([C@@H]2[C@@H](C(=O)c3ccc(C)cc3)N3c4ccccc4C=C[C@@H]3[C@]2(C#N)C(N)=O)cc1OC. The highest BCUT2D eigenvalue weighted by atomic mass is 16.5. The van der Waals surface area contributed by atoms with Crippen LogP contribution in [0, 0.1) is 23.7 Å². The number of hydrogen-bond donors (Lipinski definition) is 1. The van der Waals surface area contributed by atoms with Crippen LogP contribution in [0.3, 0.4) is 0 Å². The van der Waals surface area contributed by atoms with Crippen LogP contribution in [-0.2, 0) is 4.79 Å². The Kier molecular flexibility index (Phi) is 5.96. The van der Waals surface area contributed by atoms with Gasteiger partial charge in [-0.1, -0.05) is 66.2 Å². The maximum atomic E-state index is 14.3. The number of benzene rings is 3. The minimum atomic E-state index is -1.73. The number of amides is 1. The van der Waals surface area contributed by atoms with Crippen LogP contribution in [0.15, 0.2) is 72.8 Å². The van der Waals surface area contributed by atoms with Gasteiger partial charge in [-0.05, 0) is 36.2 Å². The van der Waals surface area contributed by atoms with Crippen molar-refractivity contribution < 1.29 is 19.1 Å². The Balaban J connectivity index is 1.81. The van der Waals surface area contributed by atoms with Crippen molar-refractivity contribution in [1.82, 2.24) is 0 Å². The van der Waals surface area contributed by atoms with Crippen LogP contribution in [0.4, 0.5) is 5.69 Å². The van der Waals surface area contributed by atoms with Gasteiger partial charge in [0.15, 0.2) is 22.7 Å². The van der Waals surface area contributed by atoms with E-state index in [1.807, 2.05) is 60.4 Å². The first-order valence-electron chi connectivity index (χ1n) is 12.0. The molecule has 5 rings (SSSR count). The van der Waals surface area contributed by atoms with E-state index in [1.54, 1.807) is 30.3 Å². The Labute approximate surface area is 215 Å². The van der Waals surface area contributed by atoms with Gasteiger partial charge in [-0.3, -0.25) is 9.59 Å². The second-order valence-electron chi connectivity index (χ2n) is 9.38. The van der Waals surface area contributed by atoms with Crippen LogP contribution in [0.1, 0.15) is 33.0 Å². The lowest BCUT2D eigenvalue weighted by Crippen LogP contribution is -2.49. The highest BCUT2D eigenvalue weighted by Gasteiger charge is 2.65. The molecule has 3 aromatic rings. The van der Waals surface area contributed by atoms with Crippen LogP contribution in [-0.4, -0.2) is 38.0 Å². The van der Waals surface area contributed by atoms with Gasteiger partial charge in [-0.25, -0.2) is 0 Å². The van der Waals surface area contributed by atoms with Crippen molar-refractivity contribution in [3.63, 3.8) is 0 Å². The molecule has 2 aliphatic rings. The number of Topliss-reactive ketones (excluding diaryl/α,β-unsaturated/α-hetero) is 1. The highest BCUT2D eigenvalue weighted by molar-refractivity contribution is 6.06. The molecule has 2 heterocycles. The smallest absolute Gasteiger partial charge is 0.241 e. The molecule has 0 radical (unpaired) electrons. The summed E-state index contributed by atoms with van der Waals surface area (Å²) in [6.45, 7) is 1.95. The zero-order valence-electron chi connectivity index (χ0n) is 20.8. The summed E-state index contributed by atoms with van der Waals surface area (Å²) in [5.74, 6) is -0.945. The molecule has 4 atom stereocenters. The van der Waals surface area contributed by atoms with E-state index in [-0.39, 0.29) is 5.78 Å². The average Bonchev–Trinajstić information content (AvgIpc) is 3.24. The summed E-state index contributed by atoms with van der Waals surface area (Å²) in [5.41, 5.74) is 8.09. The fraction of sp³-hybridized carbons (Fsp3) is 0.233. The molecule has 186 valence electrons. The fourth-order valence-electron chi connectivity index (χ4n) is 5.74. The second kappa shape index (κ2) is 9.14. The van der Waals surface area contributed by atoms with Gasteiger partial charge in [0.1, 0.15) is 6.04 Å². The summed E-state index contributed by atoms with van der Waals surface area (Å²) in [6, 6.07) is 20.8. The van der Waals surface area contributed by atoms with E-state index in [9.17, 15) is 14.9 Å². The molecule has 1 amide bonds. The molecule has 0 saturated carbocycles. The number of rotatable bonds is 6. The number of ether oxygens (including phenoxy) is 2.